The Balaban J connectivity index is 1.94. The van der Waals surface area contributed by atoms with Crippen molar-refractivity contribution in [3.8, 4) is 0 Å². The summed E-state index contributed by atoms with van der Waals surface area (Å²) in [6, 6.07) is 0. The average Bonchev–Trinajstić information content (AvgIpc) is 2.49. The number of allylic oxidation sites excluding steroid dienone is 4. The molecule has 3 heteroatoms. The zero-order valence-corrected chi connectivity index (χ0v) is 11.9. The molecule has 19 heavy (non-hydrogen) atoms. The molecule has 3 atom stereocenters. The second-order valence-electron chi connectivity index (χ2n) is 6.22. The molecule has 0 aromatic rings. The van der Waals surface area contributed by atoms with E-state index in [-0.39, 0.29) is 6.10 Å². The van der Waals surface area contributed by atoms with E-state index < -0.39 is 0 Å². The van der Waals surface area contributed by atoms with Crippen molar-refractivity contribution in [2.75, 3.05) is 13.1 Å². The summed E-state index contributed by atoms with van der Waals surface area (Å²) >= 11 is 0. The van der Waals surface area contributed by atoms with E-state index in [9.17, 15) is 5.11 Å². The standard InChI is InChI=1S/C16H24N2O/c1-10-3-4-14-6-12(5-10)16(11(2)18-14)13-7-15(19)9-17-8-13/h4-5,10,13,15,17-19H,3,6-9H2,1-2H3. The molecular weight excluding hydrogens is 236 g/mol. The van der Waals surface area contributed by atoms with Crippen molar-refractivity contribution in [3.05, 3.63) is 34.7 Å². The molecule has 1 fully saturated rings. The number of aliphatic hydroxyl groups is 1. The number of piperidine rings is 1. The lowest BCUT2D eigenvalue weighted by Gasteiger charge is -2.34. The molecule has 0 aromatic carbocycles. The smallest absolute Gasteiger partial charge is 0.0670 e. The fraction of sp³-hybridized carbons (Fsp3) is 0.625. The third kappa shape index (κ3) is 2.63. The zero-order chi connectivity index (χ0) is 13.4. The van der Waals surface area contributed by atoms with Gasteiger partial charge in [-0.25, -0.2) is 0 Å². The Morgan fingerprint density at radius 2 is 2.16 bits per heavy atom. The van der Waals surface area contributed by atoms with Gasteiger partial charge in [-0.15, -0.1) is 0 Å². The lowest BCUT2D eigenvalue weighted by Crippen LogP contribution is -2.41. The molecule has 2 heterocycles. The van der Waals surface area contributed by atoms with Crippen LogP contribution >= 0.6 is 0 Å². The maximum absolute atomic E-state index is 9.89. The lowest BCUT2D eigenvalue weighted by atomic mass is 9.81. The second kappa shape index (κ2) is 5.14. The Labute approximate surface area is 115 Å². The minimum absolute atomic E-state index is 0.209. The molecule has 3 aliphatic rings. The first-order chi connectivity index (χ1) is 9.13. The number of fused-ring (bicyclic) bond motifs is 2. The Morgan fingerprint density at radius 1 is 1.32 bits per heavy atom. The molecule has 0 saturated carbocycles. The van der Waals surface area contributed by atoms with Crippen LogP contribution < -0.4 is 10.6 Å². The van der Waals surface area contributed by atoms with Crippen LogP contribution in [0.25, 0.3) is 0 Å². The Bertz CT molecular complexity index is 461. The molecule has 0 spiro atoms. The van der Waals surface area contributed by atoms with Crippen molar-refractivity contribution in [1.82, 2.24) is 10.6 Å². The van der Waals surface area contributed by atoms with Gasteiger partial charge in [-0.05, 0) is 36.8 Å². The SMILES string of the molecule is CC1=C(C2CNCC(O)C2)C2=CC(C)CC=C(C2)N1. The highest BCUT2D eigenvalue weighted by Crippen LogP contribution is 2.37. The maximum atomic E-state index is 9.89. The Morgan fingerprint density at radius 3 is 2.95 bits per heavy atom. The second-order valence-corrected chi connectivity index (χ2v) is 6.22. The molecule has 0 amide bonds. The van der Waals surface area contributed by atoms with Gasteiger partial charge >= 0.3 is 0 Å². The summed E-state index contributed by atoms with van der Waals surface area (Å²) in [7, 11) is 0. The van der Waals surface area contributed by atoms with Gasteiger partial charge in [-0.1, -0.05) is 19.1 Å². The van der Waals surface area contributed by atoms with Gasteiger partial charge in [0.1, 0.15) is 0 Å². The first-order valence-corrected chi connectivity index (χ1v) is 7.40. The van der Waals surface area contributed by atoms with Gasteiger partial charge in [0.25, 0.3) is 0 Å². The van der Waals surface area contributed by atoms with Crippen molar-refractivity contribution in [3.63, 3.8) is 0 Å². The van der Waals surface area contributed by atoms with E-state index in [1.807, 2.05) is 0 Å². The normalized spacial score (nSPS) is 35.2. The zero-order valence-electron chi connectivity index (χ0n) is 11.9. The molecule has 3 unspecified atom stereocenters. The highest BCUT2D eigenvalue weighted by atomic mass is 16.3. The van der Waals surface area contributed by atoms with Gasteiger partial charge in [-0.3, -0.25) is 0 Å². The first kappa shape index (κ1) is 12.9. The van der Waals surface area contributed by atoms with Crippen LogP contribution in [0.1, 0.15) is 33.1 Å². The van der Waals surface area contributed by atoms with E-state index in [1.165, 1.54) is 22.5 Å². The summed E-state index contributed by atoms with van der Waals surface area (Å²) < 4.78 is 0. The van der Waals surface area contributed by atoms with Crippen LogP contribution in [0.2, 0.25) is 0 Å². The highest BCUT2D eigenvalue weighted by molar-refractivity contribution is 5.45. The van der Waals surface area contributed by atoms with E-state index in [0.717, 1.165) is 32.4 Å². The summed E-state index contributed by atoms with van der Waals surface area (Å²) in [6.45, 7) is 6.17. The molecule has 1 aliphatic carbocycles. The van der Waals surface area contributed by atoms with Crippen LogP contribution in [-0.2, 0) is 0 Å². The van der Waals surface area contributed by atoms with Crippen molar-refractivity contribution < 1.29 is 5.11 Å². The quantitative estimate of drug-likeness (QED) is 0.676. The third-order valence-corrected chi connectivity index (χ3v) is 4.44. The van der Waals surface area contributed by atoms with Crippen LogP contribution in [0.5, 0.6) is 0 Å². The number of hydrogen-bond donors (Lipinski definition) is 3. The molecular formula is C16H24N2O. The van der Waals surface area contributed by atoms with Crippen LogP contribution in [0, 0.1) is 11.8 Å². The van der Waals surface area contributed by atoms with Crippen molar-refractivity contribution in [2.45, 2.75) is 39.2 Å². The molecule has 3 N–H and O–H groups in total. The predicted octanol–water partition coefficient (Wildman–Crippen LogP) is 2.07. The van der Waals surface area contributed by atoms with Gasteiger partial charge in [0, 0.05) is 36.8 Å². The predicted molar refractivity (Wildman–Crippen MR) is 77.4 cm³/mol. The maximum Gasteiger partial charge on any atom is 0.0670 e. The molecule has 0 radical (unpaired) electrons. The molecule has 3 rings (SSSR count). The van der Waals surface area contributed by atoms with E-state index >= 15 is 0 Å². The molecule has 104 valence electrons. The monoisotopic (exact) mass is 260 g/mol. The van der Waals surface area contributed by atoms with Gasteiger partial charge < -0.3 is 15.7 Å². The van der Waals surface area contributed by atoms with Gasteiger partial charge in [0.15, 0.2) is 0 Å². The summed E-state index contributed by atoms with van der Waals surface area (Å²) in [5.41, 5.74) is 5.55. The van der Waals surface area contributed by atoms with Crippen LogP contribution in [0.15, 0.2) is 34.7 Å². The summed E-state index contributed by atoms with van der Waals surface area (Å²) in [5, 5.41) is 16.8. The van der Waals surface area contributed by atoms with Crippen LogP contribution in [0.4, 0.5) is 0 Å². The number of β-amino-alcohol motifs (C(OH)–C–C–N with tert-alkyl or cyclic N) is 1. The fourth-order valence-corrected chi connectivity index (χ4v) is 3.61. The van der Waals surface area contributed by atoms with E-state index in [1.54, 1.807) is 0 Å². The van der Waals surface area contributed by atoms with Crippen molar-refractivity contribution in [1.29, 1.82) is 0 Å². The van der Waals surface area contributed by atoms with Gasteiger partial charge in [0.05, 0.1) is 6.10 Å². The Hall–Kier alpha value is -1.06. The largest absolute Gasteiger partial charge is 0.392 e. The van der Waals surface area contributed by atoms with Crippen molar-refractivity contribution in [2.24, 2.45) is 11.8 Å². The van der Waals surface area contributed by atoms with Gasteiger partial charge in [0.2, 0.25) is 0 Å². The summed E-state index contributed by atoms with van der Waals surface area (Å²) in [4.78, 5) is 0. The summed E-state index contributed by atoms with van der Waals surface area (Å²) in [5.74, 6) is 1.05. The molecule has 0 aromatic heterocycles. The van der Waals surface area contributed by atoms with Gasteiger partial charge in [-0.2, -0.15) is 0 Å². The van der Waals surface area contributed by atoms with E-state index in [0.29, 0.717) is 11.8 Å². The third-order valence-electron chi connectivity index (χ3n) is 4.44. The van der Waals surface area contributed by atoms with E-state index in [2.05, 4.69) is 36.6 Å². The number of nitrogens with one attached hydrogen (secondary N) is 2. The summed E-state index contributed by atoms with van der Waals surface area (Å²) in [6.07, 6.45) is 7.60. The average molecular weight is 260 g/mol. The van der Waals surface area contributed by atoms with Crippen LogP contribution in [-0.4, -0.2) is 24.3 Å². The minimum atomic E-state index is -0.209. The van der Waals surface area contributed by atoms with Crippen molar-refractivity contribution >= 4 is 0 Å². The molecule has 3 nitrogen and oxygen atoms in total. The first-order valence-electron chi connectivity index (χ1n) is 7.40. The highest BCUT2D eigenvalue weighted by Gasteiger charge is 2.30. The molecule has 1 saturated heterocycles. The lowest BCUT2D eigenvalue weighted by molar-refractivity contribution is 0.123. The number of aliphatic hydroxyl groups excluding tert-OH is 1. The van der Waals surface area contributed by atoms with E-state index in [4.69, 9.17) is 0 Å². The number of hydrogen-bond acceptors (Lipinski definition) is 3. The van der Waals surface area contributed by atoms with Crippen LogP contribution in [0.3, 0.4) is 0 Å². The molecule has 2 bridgehead atoms. The molecule has 2 aliphatic heterocycles. The fourth-order valence-electron chi connectivity index (χ4n) is 3.61. The number of rotatable bonds is 1. The topological polar surface area (TPSA) is 44.3 Å². The Kier molecular flexibility index (Phi) is 3.50. The minimum Gasteiger partial charge on any atom is -0.392 e.